The van der Waals surface area contributed by atoms with E-state index in [1.807, 2.05) is 7.05 Å². The molecule has 1 aromatic carbocycles. The molecule has 1 saturated carbocycles. The van der Waals surface area contributed by atoms with Crippen molar-refractivity contribution >= 4 is 10.9 Å². The van der Waals surface area contributed by atoms with Gasteiger partial charge in [0.15, 0.2) is 0 Å². The quantitative estimate of drug-likeness (QED) is 0.676. The van der Waals surface area contributed by atoms with E-state index in [1.165, 1.54) is 6.07 Å². The van der Waals surface area contributed by atoms with Crippen LogP contribution in [0.3, 0.4) is 0 Å². The van der Waals surface area contributed by atoms with Crippen LogP contribution in [-0.4, -0.2) is 59.7 Å². The molecule has 2 aliphatic rings. The Morgan fingerprint density at radius 1 is 1.00 bits per heavy atom. The van der Waals surface area contributed by atoms with Gasteiger partial charge in [-0.1, -0.05) is 12.1 Å². The molecule has 177 valence electrons. The van der Waals surface area contributed by atoms with Gasteiger partial charge >= 0.3 is 12.4 Å². The largest absolute Gasteiger partial charge is 0.433 e. The van der Waals surface area contributed by atoms with Gasteiger partial charge in [-0.2, -0.15) is 26.3 Å². The number of pyridine rings is 1. The van der Waals surface area contributed by atoms with Gasteiger partial charge in [-0.25, -0.2) is 4.98 Å². The van der Waals surface area contributed by atoms with Crippen LogP contribution in [0, 0.1) is 31.1 Å². The van der Waals surface area contributed by atoms with Crippen LogP contribution in [0.5, 0.6) is 0 Å². The Labute approximate surface area is 188 Å². The summed E-state index contributed by atoms with van der Waals surface area (Å²) in [4.78, 5) is 7.64. The predicted octanol–water partition coefficient (Wildman–Crippen LogP) is 4.33. The molecule has 4 rings (SSSR count). The molecule has 0 amide bonds. The zero-order valence-electron chi connectivity index (χ0n) is 17.7. The van der Waals surface area contributed by atoms with Crippen molar-refractivity contribution in [1.29, 1.82) is 0 Å². The SMILES string of the molecule is CN1CCN(C[C]2[CH][CH][CH][C]2[C@@H](O)c2cc(C(F)(F)F)nc3c(C(F)(F)F)cccc23)CC1. The number of rotatable bonds is 4. The number of aliphatic hydroxyl groups excluding tert-OH is 1. The van der Waals surface area contributed by atoms with Crippen LogP contribution in [0.2, 0.25) is 0 Å². The number of para-hydroxylation sites is 1. The minimum atomic E-state index is -4.98. The van der Waals surface area contributed by atoms with Gasteiger partial charge in [0, 0.05) is 49.9 Å². The van der Waals surface area contributed by atoms with E-state index >= 15 is 0 Å². The molecular weight excluding hydrogens is 448 g/mol. The first-order valence-electron chi connectivity index (χ1n) is 10.4. The van der Waals surface area contributed by atoms with Gasteiger partial charge < -0.3 is 14.9 Å². The van der Waals surface area contributed by atoms with Gasteiger partial charge in [-0.15, -0.1) is 0 Å². The monoisotopic (exact) mass is 470 g/mol. The number of aromatic nitrogens is 1. The Hall–Kier alpha value is -1.91. The number of alkyl halides is 6. The highest BCUT2D eigenvalue weighted by Crippen LogP contribution is 2.46. The first-order valence-corrected chi connectivity index (χ1v) is 10.4. The topological polar surface area (TPSA) is 39.6 Å². The first kappa shape index (κ1) is 24.2. The summed E-state index contributed by atoms with van der Waals surface area (Å²) < 4.78 is 81.1. The summed E-state index contributed by atoms with van der Waals surface area (Å²) >= 11 is 0. The molecule has 1 atom stereocenters. The van der Waals surface area contributed by atoms with Crippen molar-refractivity contribution in [2.45, 2.75) is 18.5 Å². The number of piperazine rings is 1. The van der Waals surface area contributed by atoms with Crippen LogP contribution in [0.25, 0.3) is 10.9 Å². The number of hydrogen-bond donors (Lipinski definition) is 1. The predicted molar refractivity (Wildman–Crippen MR) is 110 cm³/mol. The number of halogens is 6. The van der Waals surface area contributed by atoms with Crippen molar-refractivity contribution in [1.82, 2.24) is 14.8 Å². The molecule has 2 heterocycles. The lowest BCUT2D eigenvalue weighted by Gasteiger charge is -2.35. The molecule has 2 fully saturated rings. The summed E-state index contributed by atoms with van der Waals surface area (Å²) in [5, 5.41) is 10.9. The number of fused-ring (bicyclic) bond motifs is 1. The van der Waals surface area contributed by atoms with Crippen LogP contribution in [0.4, 0.5) is 26.3 Å². The second kappa shape index (κ2) is 9.03. The summed E-state index contributed by atoms with van der Waals surface area (Å²) in [5.41, 5.74) is -3.85. The van der Waals surface area contributed by atoms with E-state index in [9.17, 15) is 31.4 Å². The van der Waals surface area contributed by atoms with Crippen molar-refractivity contribution in [3.63, 3.8) is 0 Å². The first-order chi connectivity index (χ1) is 15.4. The summed E-state index contributed by atoms with van der Waals surface area (Å²) in [6.07, 6.45) is -6.38. The molecular formula is C23H22F6N3O. The summed E-state index contributed by atoms with van der Waals surface area (Å²) in [5.74, 6) is 1.09. The number of hydrogen-bond acceptors (Lipinski definition) is 4. The third-order valence-electron chi connectivity index (χ3n) is 5.99. The fourth-order valence-electron chi connectivity index (χ4n) is 4.17. The molecule has 5 radical (unpaired) electrons. The maximum Gasteiger partial charge on any atom is 0.433 e. The van der Waals surface area contributed by atoms with E-state index in [4.69, 9.17) is 0 Å². The lowest BCUT2D eigenvalue weighted by Crippen LogP contribution is -2.46. The van der Waals surface area contributed by atoms with Crippen molar-refractivity contribution < 1.29 is 31.4 Å². The molecule has 1 aliphatic heterocycles. The maximum absolute atomic E-state index is 13.5. The highest BCUT2D eigenvalue weighted by atomic mass is 19.4. The van der Waals surface area contributed by atoms with Gasteiger partial charge in [-0.3, -0.25) is 0 Å². The third-order valence-corrected chi connectivity index (χ3v) is 5.99. The zero-order chi connectivity index (χ0) is 24.0. The number of benzene rings is 1. The van der Waals surface area contributed by atoms with E-state index < -0.39 is 35.2 Å². The van der Waals surface area contributed by atoms with Gasteiger partial charge in [0.2, 0.25) is 0 Å². The van der Waals surface area contributed by atoms with Crippen LogP contribution in [-0.2, 0) is 12.4 Å². The fourth-order valence-corrected chi connectivity index (χ4v) is 4.17. The Morgan fingerprint density at radius 3 is 2.33 bits per heavy atom. The zero-order valence-corrected chi connectivity index (χ0v) is 17.7. The summed E-state index contributed by atoms with van der Waals surface area (Å²) in [6, 6.07) is 3.68. The van der Waals surface area contributed by atoms with Crippen LogP contribution in [0.1, 0.15) is 22.9 Å². The minimum Gasteiger partial charge on any atom is -0.388 e. The molecule has 2 aromatic rings. The standard InChI is InChI=1S/C23H22F6N3O/c1-31-8-10-32(11-9-31)13-14-4-2-5-15(14)21(33)17-12-19(23(27,28)29)30-20-16(17)6-3-7-18(20)22(24,25)26/h2-7,12,21,33H,8-11,13H2,1H3/t21-/m1/s1. The molecule has 10 heteroatoms. The highest BCUT2D eigenvalue weighted by Gasteiger charge is 2.41. The second-order valence-electron chi connectivity index (χ2n) is 8.28. The van der Waals surface area contributed by atoms with E-state index in [-0.39, 0.29) is 10.9 Å². The Bertz CT molecular complexity index is 985. The lowest BCUT2D eigenvalue weighted by molar-refractivity contribution is -0.142. The van der Waals surface area contributed by atoms with Gasteiger partial charge in [-0.05, 0) is 44.0 Å². The minimum absolute atomic E-state index is 0.169. The lowest BCUT2D eigenvalue weighted by atomic mass is 9.84. The van der Waals surface area contributed by atoms with Crippen molar-refractivity contribution in [3.05, 3.63) is 72.2 Å². The molecule has 1 aromatic heterocycles. The third kappa shape index (κ3) is 5.12. The van der Waals surface area contributed by atoms with Gasteiger partial charge in [0.1, 0.15) is 5.69 Å². The normalized spacial score (nSPS) is 21.2. The molecule has 1 saturated heterocycles. The van der Waals surface area contributed by atoms with Crippen LogP contribution < -0.4 is 0 Å². The average molecular weight is 470 g/mol. The van der Waals surface area contributed by atoms with Crippen molar-refractivity contribution in [3.8, 4) is 0 Å². The Balaban J connectivity index is 1.71. The van der Waals surface area contributed by atoms with Crippen molar-refractivity contribution in [2.24, 2.45) is 0 Å². The molecule has 0 spiro atoms. The van der Waals surface area contributed by atoms with E-state index in [0.717, 1.165) is 38.2 Å². The number of aliphatic hydroxyl groups is 1. The number of nitrogens with zero attached hydrogens (tertiary/aromatic N) is 3. The second-order valence-corrected chi connectivity index (χ2v) is 8.28. The Kier molecular flexibility index (Phi) is 6.63. The van der Waals surface area contributed by atoms with Gasteiger partial charge in [0.25, 0.3) is 0 Å². The number of likely N-dealkylation sites (N-methyl/N-ethyl adjacent to an activating group) is 1. The molecule has 4 nitrogen and oxygen atoms in total. The van der Waals surface area contributed by atoms with Crippen molar-refractivity contribution in [2.75, 3.05) is 39.8 Å². The summed E-state index contributed by atoms with van der Waals surface area (Å²) in [7, 11) is 2.01. The molecule has 1 aliphatic carbocycles. The molecule has 1 N–H and O–H groups in total. The smallest absolute Gasteiger partial charge is 0.388 e. The van der Waals surface area contributed by atoms with E-state index in [1.54, 1.807) is 19.3 Å². The highest BCUT2D eigenvalue weighted by molar-refractivity contribution is 5.86. The molecule has 33 heavy (non-hydrogen) atoms. The average Bonchev–Trinajstić information content (AvgIpc) is 3.20. The van der Waals surface area contributed by atoms with E-state index in [0.29, 0.717) is 24.6 Å². The van der Waals surface area contributed by atoms with Gasteiger partial charge in [0.05, 0.1) is 17.2 Å². The van der Waals surface area contributed by atoms with Crippen LogP contribution in [0.15, 0.2) is 24.3 Å². The van der Waals surface area contributed by atoms with E-state index in [2.05, 4.69) is 14.8 Å². The van der Waals surface area contributed by atoms with Crippen LogP contribution >= 0.6 is 0 Å². The maximum atomic E-state index is 13.5. The molecule has 0 unspecified atom stereocenters. The fraction of sp³-hybridized carbons (Fsp3) is 0.391. The molecule has 0 bridgehead atoms. The summed E-state index contributed by atoms with van der Waals surface area (Å²) in [6.45, 7) is 3.80. The Morgan fingerprint density at radius 2 is 1.70 bits per heavy atom.